The van der Waals surface area contributed by atoms with Crippen LogP contribution in [0, 0.1) is 5.41 Å². The Hall–Kier alpha value is -1.14. The van der Waals surface area contributed by atoms with E-state index in [9.17, 15) is 9.59 Å². The molecule has 6 heteroatoms. The number of amides is 2. The molecule has 2 amide bonds. The van der Waals surface area contributed by atoms with E-state index in [-0.39, 0.29) is 11.8 Å². The lowest BCUT2D eigenvalue weighted by Gasteiger charge is -2.48. The van der Waals surface area contributed by atoms with Gasteiger partial charge in [0.05, 0.1) is 0 Å². The summed E-state index contributed by atoms with van der Waals surface area (Å²) in [5.41, 5.74) is -0.744. The molecule has 4 fully saturated rings. The average Bonchev–Trinajstić information content (AvgIpc) is 3.26. The molecule has 6 nitrogen and oxygen atoms in total. The smallest absolute Gasteiger partial charge is 0.238 e. The van der Waals surface area contributed by atoms with Gasteiger partial charge in [0.15, 0.2) is 0 Å². The summed E-state index contributed by atoms with van der Waals surface area (Å²) in [6.45, 7) is 3.15. The number of hydrogen-bond acceptors (Lipinski definition) is 4. The third kappa shape index (κ3) is 2.98. The van der Waals surface area contributed by atoms with Gasteiger partial charge in [-0.25, -0.2) is 0 Å². The molecule has 0 atom stereocenters. The molecule has 2 aliphatic carbocycles. The van der Waals surface area contributed by atoms with Crippen molar-refractivity contribution in [2.45, 2.75) is 63.1 Å². The van der Waals surface area contributed by atoms with Gasteiger partial charge in [-0.2, -0.15) is 0 Å². The van der Waals surface area contributed by atoms with Crippen molar-refractivity contribution in [3.05, 3.63) is 0 Å². The van der Waals surface area contributed by atoms with Crippen molar-refractivity contribution in [1.29, 1.82) is 0 Å². The SMILES string of the molecule is O=C(NC1CC1)C1(C(=O)N2CC(NC3CCOCC3)C2)CCC1. The molecule has 2 saturated heterocycles. The van der Waals surface area contributed by atoms with E-state index >= 15 is 0 Å². The first-order valence-corrected chi connectivity index (χ1v) is 9.11. The number of nitrogens with one attached hydrogen (secondary N) is 2. The zero-order valence-electron chi connectivity index (χ0n) is 13.7. The molecule has 0 aromatic rings. The molecule has 0 bridgehead atoms. The third-order valence-electron chi connectivity index (χ3n) is 5.83. The molecule has 23 heavy (non-hydrogen) atoms. The highest BCUT2D eigenvalue weighted by Crippen LogP contribution is 2.44. The standard InChI is InChI=1S/C17H27N3O3/c21-15(19-12-2-3-12)17(6-1-7-17)16(22)20-10-14(11-20)18-13-4-8-23-9-5-13/h12-14,18H,1-11H2,(H,19,21). The summed E-state index contributed by atoms with van der Waals surface area (Å²) in [6.07, 6.45) is 6.67. The van der Waals surface area contributed by atoms with Crippen LogP contribution >= 0.6 is 0 Å². The zero-order chi connectivity index (χ0) is 15.9. The Balaban J connectivity index is 1.28. The fraction of sp³-hybridized carbons (Fsp3) is 0.882. The van der Waals surface area contributed by atoms with Crippen LogP contribution in [0.15, 0.2) is 0 Å². The van der Waals surface area contributed by atoms with Crippen LogP contribution in [0.3, 0.4) is 0 Å². The Morgan fingerprint density at radius 3 is 2.22 bits per heavy atom. The third-order valence-corrected chi connectivity index (χ3v) is 5.83. The monoisotopic (exact) mass is 321 g/mol. The molecule has 2 N–H and O–H groups in total. The van der Waals surface area contributed by atoms with Gasteiger partial charge >= 0.3 is 0 Å². The van der Waals surface area contributed by atoms with E-state index in [1.165, 1.54) is 0 Å². The quantitative estimate of drug-likeness (QED) is 0.720. The summed E-state index contributed by atoms with van der Waals surface area (Å²) in [6, 6.07) is 1.22. The molecule has 2 heterocycles. The van der Waals surface area contributed by atoms with Crippen LogP contribution in [0.4, 0.5) is 0 Å². The molecule has 0 spiro atoms. The number of likely N-dealkylation sites (tertiary alicyclic amines) is 1. The van der Waals surface area contributed by atoms with Gasteiger partial charge in [-0.15, -0.1) is 0 Å². The van der Waals surface area contributed by atoms with Crippen molar-refractivity contribution in [2.24, 2.45) is 5.41 Å². The van der Waals surface area contributed by atoms with Crippen LogP contribution in [-0.4, -0.2) is 61.1 Å². The topological polar surface area (TPSA) is 70.7 Å². The molecule has 4 aliphatic rings. The van der Waals surface area contributed by atoms with Crippen molar-refractivity contribution in [3.8, 4) is 0 Å². The molecule has 0 radical (unpaired) electrons. The summed E-state index contributed by atoms with van der Waals surface area (Å²) in [5, 5.41) is 6.67. The second-order valence-electron chi connectivity index (χ2n) is 7.64. The Labute approximate surface area is 137 Å². The number of carbonyl (C=O) groups is 2. The number of ether oxygens (including phenoxy) is 1. The zero-order valence-corrected chi connectivity index (χ0v) is 13.7. The average molecular weight is 321 g/mol. The Morgan fingerprint density at radius 1 is 0.957 bits per heavy atom. The summed E-state index contributed by atoms with van der Waals surface area (Å²) in [4.78, 5) is 27.2. The maximum Gasteiger partial charge on any atom is 0.238 e. The van der Waals surface area contributed by atoms with Gasteiger partial charge in [0.25, 0.3) is 0 Å². The summed E-state index contributed by atoms with van der Waals surface area (Å²) < 4.78 is 5.37. The molecule has 0 unspecified atom stereocenters. The molecular weight excluding hydrogens is 294 g/mol. The molecule has 2 saturated carbocycles. The fourth-order valence-electron chi connectivity index (χ4n) is 3.87. The number of hydrogen-bond donors (Lipinski definition) is 2. The number of rotatable bonds is 5. The van der Waals surface area contributed by atoms with Crippen LogP contribution in [0.5, 0.6) is 0 Å². The number of nitrogens with zero attached hydrogens (tertiary/aromatic N) is 1. The molecule has 0 aromatic heterocycles. The van der Waals surface area contributed by atoms with Crippen molar-refractivity contribution >= 4 is 11.8 Å². The highest BCUT2D eigenvalue weighted by Gasteiger charge is 2.54. The van der Waals surface area contributed by atoms with Crippen molar-refractivity contribution < 1.29 is 14.3 Å². The van der Waals surface area contributed by atoms with Crippen LogP contribution in [0.25, 0.3) is 0 Å². The van der Waals surface area contributed by atoms with Crippen LogP contribution in [0.2, 0.25) is 0 Å². The summed E-state index contributed by atoms with van der Waals surface area (Å²) in [5.74, 6) is 0.0454. The second-order valence-corrected chi connectivity index (χ2v) is 7.64. The van der Waals surface area contributed by atoms with Crippen molar-refractivity contribution in [3.63, 3.8) is 0 Å². The largest absolute Gasteiger partial charge is 0.381 e. The first-order valence-electron chi connectivity index (χ1n) is 9.11. The Bertz CT molecular complexity index is 475. The van der Waals surface area contributed by atoms with Gasteiger partial charge in [-0.1, -0.05) is 6.42 Å². The van der Waals surface area contributed by atoms with E-state index in [0.717, 1.165) is 71.2 Å². The van der Waals surface area contributed by atoms with Gasteiger partial charge in [-0.3, -0.25) is 9.59 Å². The lowest BCUT2D eigenvalue weighted by atomic mass is 9.66. The fourth-order valence-corrected chi connectivity index (χ4v) is 3.87. The Morgan fingerprint density at radius 2 is 1.65 bits per heavy atom. The second kappa shape index (κ2) is 6.06. The highest BCUT2D eigenvalue weighted by molar-refractivity contribution is 6.06. The lowest BCUT2D eigenvalue weighted by molar-refractivity contribution is -0.161. The number of carbonyl (C=O) groups excluding carboxylic acids is 2. The van der Waals surface area contributed by atoms with Gasteiger partial charge in [0, 0.05) is 44.4 Å². The maximum absolute atomic E-state index is 12.8. The highest BCUT2D eigenvalue weighted by atomic mass is 16.5. The van der Waals surface area contributed by atoms with Crippen molar-refractivity contribution in [1.82, 2.24) is 15.5 Å². The molecule has 0 aromatic carbocycles. The van der Waals surface area contributed by atoms with E-state index in [2.05, 4.69) is 10.6 Å². The van der Waals surface area contributed by atoms with Gasteiger partial charge in [0.2, 0.25) is 11.8 Å². The normalized spacial score (nSPS) is 27.9. The van der Waals surface area contributed by atoms with E-state index in [0.29, 0.717) is 18.1 Å². The van der Waals surface area contributed by atoms with E-state index in [1.807, 2.05) is 4.90 Å². The molecule has 2 aliphatic heterocycles. The lowest BCUT2D eigenvalue weighted by Crippen LogP contribution is -2.67. The minimum Gasteiger partial charge on any atom is -0.381 e. The van der Waals surface area contributed by atoms with Crippen LogP contribution in [0.1, 0.15) is 44.9 Å². The maximum atomic E-state index is 12.8. The van der Waals surface area contributed by atoms with E-state index < -0.39 is 5.41 Å². The molecule has 128 valence electrons. The van der Waals surface area contributed by atoms with E-state index in [4.69, 9.17) is 4.74 Å². The first-order chi connectivity index (χ1) is 11.2. The first kappa shape index (κ1) is 15.4. The predicted octanol–water partition coefficient (Wildman–Crippen LogP) is 0.415. The minimum absolute atomic E-state index is 0.0166. The van der Waals surface area contributed by atoms with Crippen LogP contribution < -0.4 is 10.6 Å². The van der Waals surface area contributed by atoms with E-state index in [1.54, 1.807) is 0 Å². The van der Waals surface area contributed by atoms with Crippen LogP contribution in [-0.2, 0) is 14.3 Å². The van der Waals surface area contributed by atoms with Crippen molar-refractivity contribution in [2.75, 3.05) is 26.3 Å². The Kier molecular flexibility index (Phi) is 4.05. The summed E-state index contributed by atoms with van der Waals surface area (Å²) in [7, 11) is 0. The predicted molar refractivity (Wildman–Crippen MR) is 84.8 cm³/mol. The van der Waals surface area contributed by atoms with Gasteiger partial charge in [0.1, 0.15) is 5.41 Å². The van der Waals surface area contributed by atoms with Gasteiger partial charge in [-0.05, 0) is 38.5 Å². The van der Waals surface area contributed by atoms with Gasteiger partial charge < -0.3 is 20.3 Å². The minimum atomic E-state index is -0.744. The molecule has 4 rings (SSSR count). The summed E-state index contributed by atoms with van der Waals surface area (Å²) >= 11 is 0. The molecular formula is C17H27N3O3.